The summed E-state index contributed by atoms with van der Waals surface area (Å²) in [5.74, 6) is -0.713. The molecule has 0 aliphatic carbocycles. The fourth-order valence-electron chi connectivity index (χ4n) is 1.58. The van der Waals surface area contributed by atoms with E-state index in [1.807, 2.05) is 6.92 Å². The Labute approximate surface area is 124 Å². The van der Waals surface area contributed by atoms with Crippen LogP contribution in [0.5, 0.6) is 0 Å². The lowest BCUT2D eigenvalue weighted by Crippen LogP contribution is -2.09. The zero-order chi connectivity index (χ0) is 14.5. The molecule has 0 spiro atoms. The Morgan fingerprint density at radius 1 is 1.40 bits per heavy atom. The average Bonchev–Trinajstić information content (AvgIpc) is 2.42. The van der Waals surface area contributed by atoms with Crippen molar-refractivity contribution in [1.29, 1.82) is 0 Å². The molecule has 2 rings (SSSR count). The second-order valence-corrected chi connectivity index (χ2v) is 5.09. The van der Waals surface area contributed by atoms with Crippen LogP contribution in [0.3, 0.4) is 0 Å². The second-order valence-electron chi connectivity index (χ2n) is 4.18. The van der Waals surface area contributed by atoms with Crippen LogP contribution < -0.4 is 5.32 Å². The summed E-state index contributed by atoms with van der Waals surface area (Å²) in [6, 6.07) is 6.35. The fourth-order valence-corrected chi connectivity index (χ4v) is 1.96. The summed E-state index contributed by atoms with van der Waals surface area (Å²) in [4.78, 5) is 15.7. The number of hydrogen-bond donors (Lipinski definition) is 1. The fraction of sp³-hybridized carbons (Fsp3) is 0.0667. The zero-order valence-corrected chi connectivity index (χ0v) is 12.3. The van der Waals surface area contributed by atoms with Crippen LogP contribution in [0.15, 0.2) is 47.2 Å². The van der Waals surface area contributed by atoms with Crippen LogP contribution in [0, 0.1) is 12.7 Å². The number of amides is 1. The molecule has 20 heavy (non-hydrogen) atoms. The predicted molar refractivity (Wildman–Crippen MR) is 80.7 cm³/mol. The van der Waals surface area contributed by atoms with Gasteiger partial charge in [0.2, 0.25) is 5.91 Å². The number of aryl methyl sites for hydroxylation is 1. The van der Waals surface area contributed by atoms with Crippen molar-refractivity contribution >= 4 is 33.6 Å². The van der Waals surface area contributed by atoms with Crippen molar-refractivity contribution in [3.63, 3.8) is 0 Å². The Hall–Kier alpha value is -2.01. The number of aromatic nitrogens is 1. The first-order chi connectivity index (χ1) is 9.56. The van der Waals surface area contributed by atoms with Crippen molar-refractivity contribution in [1.82, 2.24) is 4.98 Å². The highest BCUT2D eigenvalue weighted by Crippen LogP contribution is 2.17. The van der Waals surface area contributed by atoms with Gasteiger partial charge in [-0.2, -0.15) is 0 Å². The monoisotopic (exact) mass is 334 g/mol. The molecular weight excluding hydrogens is 323 g/mol. The van der Waals surface area contributed by atoms with Crippen LogP contribution in [0.25, 0.3) is 6.08 Å². The molecule has 0 aliphatic heterocycles. The minimum absolute atomic E-state index is 0.333. The zero-order valence-electron chi connectivity index (χ0n) is 10.7. The van der Waals surface area contributed by atoms with Gasteiger partial charge in [0.15, 0.2) is 0 Å². The number of halogens is 2. The van der Waals surface area contributed by atoms with E-state index < -0.39 is 0 Å². The van der Waals surface area contributed by atoms with Crippen molar-refractivity contribution in [2.24, 2.45) is 0 Å². The van der Waals surface area contributed by atoms with E-state index in [0.717, 1.165) is 10.0 Å². The largest absolute Gasteiger partial charge is 0.321 e. The van der Waals surface area contributed by atoms with E-state index in [0.29, 0.717) is 11.3 Å². The van der Waals surface area contributed by atoms with Crippen molar-refractivity contribution in [3.8, 4) is 0 Å². The van der Waals surface area contributed by atoms with Crippen LogP contribution in [-0.4, -0.2) is 10.9 Å². The van der Waals surface area contributed by atoms with Crippen molar-refractivity contribution in [3.05, 3.63) is 64.2 Å². The molecule has 0 aliphatic rings. The highest BCUT2D eigenvalue weighted by molar-refractivity contribution is 9.10. The molecular formula is C15H12BrFN2O. The number of anilines is 1. The topological polar surface area (TPSA) is 42.0 Å². The molecule has 102 valence electrons. The smallest absolute Gasteiger partial charge is 0.248 e. The van der Waals surface area contributed by atoms with Gasteiger partial charge in [-0.3, -0.25) is 9.78 Å². The van der Waals surface area contributed by atoms with E-state index >= 15 is 0 Å². The summed E-state index contributed by atoms with van der Waals surface area (Å²) >= 11 is 3.26. The van der Waals surface area contributed by atoms with Crippen molar-refractivity contribution in [2.75, 3.05) is 5.32 Å². The Balaban J connectivity index is 2.10. The van der Waals surface area contributed by atoms with E-state index in [1.54, 1.807) is 30.6 Å². The number of pyridine rings is 1. The van der Waals surface area contributed by atoms with E-state index in [2.05, 4.69) is 26.2 Å². The maximum atomic E-state index is 13.5. The molecule has 0 saturated carbocycles. The van der Waals surface area contributed by atoms with Gasteiger partial charge in [-0.05, 0) is 42.8 Å². The second kappa shape index (κ2) is 6.43. The van der Waals surface area contributed by atoms with Crippen LogP contribution in [0.1, 0.15) is 11.1 Å². The maximum Gasteiger partial charge on any atom is 0.248 e. The predicted octanol–water partition coefficient (Wildman–Crippen LogP) is 3.94. The first-order valence-corrected chi connectivity index (χ1v) is 6.70. The highest BCUT2D eigenvalue weighted by Gasteiger charge is 2.03. The van der Waals surface area contributed by atoms with Crippen molar-refractivity contribution < 1.29 is 9.18 Å². The van der Waals surface area contributed by atoms with Gasteiger partial charge in [-0.15, -0.1) is 0 Å². The van der Waals surface area contributed by atoms with Gasteiger partial charge >= 0.3 is 0 Å². The van der Waals surface area contributed by atoms with Gasteiger partial charge in [-0.25, -0.2) is 4.39 Å². The normalized spacial score (nSPS) is 10.8. The lowest BCUT2D eigenvalue weighted by molar-refractivity contribution is -0.111. The first kappa shape index (κ1) is 14.4. The number of nitrogens with one attached hydrogen (secondary N) is 1. The Kier molecular flexibility index (Phi) is 4.63. The third-order valence-corrected chi connectivity index (χ3v) is 3.16. The molecule has 0 fully saturated rings. The van der Waals surface area contributed by atoms with Gasteiger partial charge in [0.1, 0.15) is 5.82 Å². The first-order valence-electron chi connectivity index (χ1n) is 5.91. The SMILES string of the molecule is Cc1ccncc1NC(=O)/C=C/c1cc(Br)ccc1F. The van der Waals surface area contributed by atoms with Crippen LogP contribution in [0.2, 0.25) is 0 Å². The molecule has 0 atom stereocenters. The molecule has 0 unspecified atom stereocenters. The van der Waals surface area contributed by atoms with Crippen LogP contribution >= 0.6 is 15.9 Å². The molecule has 1 aromatic carbocycles. The number of carbonyl (C=O) groups is 1. The van der Waals surface area contributed by atoms with Gasteiger partial charge in [0, 0.05) is 22.3 Å². The quantitative estimate of drug-likeness (QED) is 0.863. The molecule has 5 heteroatoms. The maximum absolute atomic E-state index is 13.5. The molecule has 1 N–H and O–H groups in total. The van der Waals surface area contributed by atoms with Crippen molar-refractivity contribution in [2.45, 2.75) is 6.92 Å². The number of carbonyl (C=O) groups excluding carboxylic acids is 1. The average molecular weight is 335 g/mol. The summed E-state index contributed by atoms with van der Waals surface area (Å²) < 4.78 is 14.2. The third-order valence-electron chi connectivity index (χ3n) is 2.67. The van der Waals surface area contributed by atoms with Gasteiger partial charge in [0.25, 0.3) is 0 Å². The van der Waals surface area contributed by atoms with Gasteiger partial charge in [-0.1, -0.05) is 15.9 Å². The minimum Gasteiger partial charge on any atom is -0.321 e. The Morgan fingerprint density at radius 2 is 2.20 bits per heavy atom. The lowest BCUT2D eigenvalue weighted by Gasteiger charge is -2.04. The van der Waals surface area contributed by atoms with E-state index in [1.165, 1.54) is 18.2 Å². The Morgan fingerprint density at radius 3 is 2.95 bits per heavy atom. The molecule has 2 aromatic rings. The molecule has 3 nitrogen and oxygen atoms in total. The number of rotatable bonds is 3. The minimum atomic E-state index is -0.380. The van der Waals surface area contributed by atoms with Crippen LogP contribution in [-0.2, 0) is 4.79 Å². The molecule has 1 heterocycles. The summed E-state index contributed by atoms with van der Waals surface area (Å²) in [5, 5.41) is 2.69. The number of benzene rings is 1. The Bertz CT molecular complexity index is 671. The molecule has 1 amide bonds. The summed E-state index contributed by atoms with van der Waals surface area (Å²) in [7, 11) is 0. The summed E-state index contributed by atoms with van der Waals surface area (Å²) in [6.45, 7) is 1.87. The highest BCUT2D eigenvalue weighted by atomic mass is 79.9. The molecule has 0 radical (unpaired) electrons. The van der Waals surface area contributed by atoms with Gasteiger partial charge in [0.05, 0.1) is 11.9 Å². The summed E-state index contributed by atoms with van der Waals surface area (Å²) in [5.41, 5.74) is 1.89. The number of hydrogen-bond acceptors (Lipinski definition) is 2. The molecule has 1 aromatic heterocycles. The summed E-state index contributed by atoms with van der Waals surface area (Å²) in [6.07, 6.45) is 5.94. The molecule has 0 bridgehead atoms. The third kappa shape index (κ3) is 3.74. The standard InChI is InChI=1S/C15H12BrFN2O/c1-10-6-7-18-9-14(10)19-15(20)5-2-11-8-12(16)3-4-13(11)17/h2-9H,1H3,(H,19,20)/b5-2+. The van der Waals surface area contributed by atoms with Gasteiger partial charge < -0.3 is 5.32 Å². The van der Waals surface area contributed by atoms with E-state index in [4.69, 9.17) is 0 Å². The number of nitrogens with zero attached hydrogens (tertiary/aromatic N) is 1. The van der Waals surface area contributed by atoms with E-state index in [-0.39, 0.29) is 11.7 Å². The lowest BCUT2D eigenvalue weighted by atomic mass is 10.2. The van der Waals surface area contributed by atoms with Crippen LogP contribution in [0.4, 0.5) is 10.1 Å². The molecule has 0 saturated heterocycles. The van der Waals surface area contributed by atoms with E-state index in [9.17, 15) is 9.18 Å².